The van der Waals surface area contributed by atoms with E-state index in [-0.39, 0.29) is 23.2 Å². The van der Waals surface area contributed by atoms with Crippen LogP contribution in [0.4, 0.5) is 0 Å². The molecule has 0 saturated carbocycles. The number of methoxy groups -OCH3 is 1. The zero-order valence-electron chi connectivity index (χ0n) is 11.1. The summed E-state index contributed by atoms with van der Waals surface area (Å²) in [6, 6.07) is 11.4. The lowest BCUT2D eigenvalue weighted by Gasteiger charge is -2.02. The first-order chi connectivity index (χ1) is 10.2. The monoisotopic (exact) mass is 284 g/mol. The van der Waals surface area contributed by atoms with E-state index in [0.29, 0.717) is 16.9 Å². The van der Waals surface area contributed by atoms with Gasteiger partial charge in [0.1, 0.15) is 17.2 Å². The molecule has 0 aliphatic heterocycles. The maximum atomic E-state index is 9.95. The molecule has 21 heavy (non-hydrogen) atoms. The van der Waals surface area contributed by atoms with Gasteiger partial charge in [0.05, 0.1) is 18.2 Å². The van der Waals surface area contributed by atoms with Crippen molar-refractivity contribution in [1.29, 1.82) is 0 Å². The zero-order chi connectivity index (χ0) is 14.8. The van der Waals surface area contributed by atoms with Gasteiger partial charge in [0.2, 0.25) is 5.82 Å². The SMILES string of the molecule is COc1ccc(-c2nc(-c3ccccc3O)no2)c(O)c1. The molecule has 0 aliphatic rings. The Morgan fingerprint density at radius 3 is 2.52 bits per heavy atom. The average Bonchev–Trinajstić information content (AvgIpc) is 2.97. The molecule has 0 saturated heterocycles. The highest BCUT2D eigenvalue weighted by Crippen LogP contribution is 2.33. The van der Waals surface area contributed by atoms with Crippen molar-refractivity contribution in [3.05, 3.63) is 42.5 Å². The quantitative estimate of drug-likeness (QED) is 0.768. The van der Waals surface area contributed by atoms with Gasteiger partial charge in [-0.2, -0.15) is 4.98 Å². The number of ether oxygens (including phenoxy) is 1. The summed E-state index contributed by atoms with van der Waals surface area (Å²) in [6.07, 6.45) is 0. The summed E-state index contributed by atoms with van der Waals surface area (Å²) in [4.78, 5) is 4.19. The topological polar surface area (TPSA) is 88.6 Å². The molecule has 1 aromatic heterocycles. The predicted octanol–water partition coefficient (Wildman–Crippen LogP) is 2.82. The van der Waals surface area contributed by atoms with Crippen molar-refractivity contribution in [1.82, 2.24) is 10.1 Å². The smallest absolute Gasteiger partial charge is 0.262 e. The van der Waals surface area contributed by atoms with Crippen molar-refractivity contribution in [2.45, 2.75) is 0 Å². The van der Waals surface area contributed by atoms with Crippen LogP contribution in [0, 0.1) is 0 Å². The Morgan fingerprint density at radius 1 is 1.00 bits per heavy atom. The van der Waals surface area contributed by atoms with E-state index in [4.69, 9.17) is 9.26 Å². The summed E-state index contributed by atoms with van der Waals surface area (Å²) in [5, 5.41) is 23.6. The van der Waals surface area contributed by atoms with Crippen LogP contribution in [0.1, 0.15) is 0 Å². The molecule has 3 rings (SSSR count). The molecule has 0 spiro atoms. The van der Waals surface area contributed by atoms with Crippen LogP contribution < -0.4 is 4.74 Å². The number of aromatic nitrogens is 2. The number of benzene rings is 2. The van der Waals surface area contributed by atoms with Crippen LogP contribution in [0.15, 0.2) is 47.0 Å². The highest BCUT2D eigenvalue weighted by Gasteiger charge is 2.16. The second-order valence-electron chi connectivity index (χ2n) is 4.32. The second-order valence-corrected chi connectivity index (χ2v) is 4.32. The van der Waals surface area contributed by atoms with E-state index in [1.807, 2.05) is 0 Å². The number of rotatable bonds is 3. The van der Waals surface area contributed by atoms with Gasteiger partial charge in [-0.15, -0.1) is 0 Å². The molecule has 0 fully saturated rings. The lowest BCUT2D eigenvalue weighted by Crippen LogP contribution is -1.85. The lowest BCUT2D eigenvalue weighted by molar-refractivity contribution is 0.405. The molecule has 0 aliphatic carbocycles. The average molecular weight is 284 g/mol. The molecule has 0 amide bonds. The number of hydrogen-bond acceptors (Lipinski definition) is 6. The van der Waals surface area contributed by atoms with E-state index in [1.165, 1.54) is 19.2 Å². The fraction of sp³-hybridized carbons (Fsp3) is 0.0667. The van der Waals surface area contributed by atoms with Crippen molar-refractivity contribution in [2.75, 3.05) is 7.11 Å². The molecule has 2 N–H and O–H groups in total. The minimum Gasteiger partial charge on any atom is -0.507 e. The van der Waals surface area contributed by atoms with E-state index in [2.05, 4.69) is 10.1 Å². The summed E-state index contributed by atoms with van der Waals surface area (Å²) in [6.45, 7) is 0. The van der Waals surface area contributed by atoms with Gasteiger partial charge in [0, 0.05) is 6.07 Å². The van der Waals surface area contributed by atoms with Crippen molar-refractivity contribution in [3.8, 4) is 40.1 Å². The molecule has 3 aromatic rings. The molecule has 2 aromatic carbocycles. The molecule has 1 heterocycles. The molecule has 6 heteroatoms. The number of aromatic hydroxyl groups is 2. The Bertz CT molecular complexity index is 783. The number of phenolic OH excluding ortho intramolecular Hbond substituents is 2. The van der Waals surface area contributed by atoms with Gasteiger partial charge >= 0.3 is 0 Å². The Kier molecular flexibility index (Phi) is 3.19. The van der Waals surface area contributed by atoms with Crippen molar-refractivity contribution < 1.29 is 19.5 Å². The zero-order valence-corrected chi connectivity index (χ0v) is 11.1. The Balaban J connectivity index is 2.01. The highest BCUT2D eigenvalue weighted by molar-refractivity contribution is 5.68. The summed E-state index contributed by atoms with van der Waals surface area (Å²) >= 11 is 0. The molecule has 106 valence electrons. The number of phenols is 2. The highest BCUT2D eigenvalue weighted by atomic mass is 16.5. The molecule has 0 radical (unpaired) electrons. The summed E-state index contributed by atoms with van der Waals surface area (Å²) < 4.78 is 10.2. The van der Waals surface area contributed by atoms with E-state index < -0.39 is 0 Å². The van der Waals surface area contributed by atoms with Crippen LogP contribution in [-0.4, -0.2) is 27.5 Å². The Morgan fingerprint density at radius 2 is 1.81 bits per heavy atom. The van der Waals surface area contributed by atoms with E-state index in [9.17, 15) is 10.2 Å². The fourth-order valence-electron chi connectivity index (χ4n) is 1.92. The first-order valence-corrected chi connectivity index (χ1v) is 6.18. The van der Waals surface area contributed by atoms with Crippen molar-refractivity contribution in [3.63, 3.8) is 0 Å². The van der Waals surface area contributed by atoms with Gasteiger partial charge < -0.3 is 19.5 Å². The third-order valence-corrected chi connectivity index (χ3v) is 3.01. The normalized spacial score (nSPS) is 10.5. The van der Waals surface area contributed by atoms with Gasteiger partial charge in [-0.3, -0.25) is 0 Å². The predicted molar refractivity (Wildman–Crippen MR) is 75.1 cm³/mol. The molecule has 0 bridgehead atoms. The van der Waals surface area contributed by atoms with Gasteiger partial charge in [-0.25, -0.2) is 0 Å². The molecule has 0 unspecified atom stereocenters. The van der Waals surface area contributed by atoms with Crippen LogP contribution in [-0.2, 0) is 0 Å². The molecular weight excluding hydrogens is 272 g/mol. The largest absolute Gasteiger partial charge is 0.507 e. The van der Waals surface area contributed by atoms with Crippen LogP contribution in [0.25, 0.3) is 22.8 Å². The third-order valence-electron chi connectivity index (χ3n) is 3.01. The summed E-state index contributed by atoms with van der Waals surface area (Å²) in [7, 11) is 1.51. The van der Waals surface area contributed by atoms with Gasteiger partial charge in [-0.1, -0.05) is 17.3 Å². The lowest BCUT2D eigenvalue weighted by atomic mass is 10.2. The number of para-hydroxylation sites is 1. The van der Waals surface area contributed by atoms with Gasteiger partial charge in [0.25, 0.3) is 5.89 Å². The minimum absolute atomic E-state index is 0.0261. The van der Waals surface area contributed by atoms with Crippen LogP contribution >= 0.6 is 0 Å². The Hall–Kier alpha value is -3.02. The van der Waals surface area contributed by atoms with E-state index in [0.717, 1.165) is 0 Å². The van der Waals surface area contributed by atoms with Crippen molar-refractivity contribution in [2.24, 2.45) is 0 Å². The molecule has 0 atom stereocenters. The third kappa shape index (κ3) is 2.38. The van der Waals surface area contributed by atoms with Crippen LogP contribution in [0.2, 0.25) is 0 Å². The molecule has 6 nitrogen and oxygen atoms in total. The van der Waals surface area contributed by atoms with Crippen LogP contribution in [0.5, 0.6) is 17.2 Å². The maximum absolute atomic E-state index is 9.95. The van der Waals surface area contributed by atoms with Gasteiger partial charge in [-0.05, 0) is 24.3 Å². The van der Waals surface area contributed by atoms with E-state index in [1.54, 1.807) is 30.3 Å². The number of hydrogen-bond donors (Lipinski definition) is 2. The standard InChI is InChI=1S/C15H12N2O4/c1-20-9-6-7-11(13(19)8-9)15-16-14(17-21-15)10-4-2-3-5-12(10)18/h2-8,18-19H,1H3. The molecular formula is C15H12N2O4. The maximum Gasteiger partial charge on any atom is 0.262 e. The minimum atomic E-state index is -0.0261. The first kappa shape index (κ1) is 13.0. The second kappa shape index (κ2) is 5.16. The van der Waals surface area contributed by atoms with E-state index >= 15 is 0 Å². The fourth-order valence-corrected chi connectivity index (χ4v) is 1.92. The van der Waals surface area contributed by atoms with Crippen LogP contribution in [0.3, 0.4) is 0 Å². The van der Waals surface area contributed by atoms with Gasteiger partial charge in [0.15, 0.2) is 0 Å². The summed E-state index contributed by atoms with van der Waals surface area (Å²) in [5.41, 5.74) is 0.852. The number of nitrogens with zero attached hydrogens (tertiary/aromatic N) is 2. The first-order valence-electron chi connectivity index (χ1n) is 6.18. The Labute approximate surface area is 120 Å². The summed E-state index contributed by atoms with van der Waals surface area (Å²) in [5.74, 6) is 0.967. The van der Waals surface area contributed by atoms with Crippen molar-refractivity contribution >= 4 is 0 Å².